The minimum atomic E-state index is -0.797. The standard InChI is InChI=1S/C16H12Br2O2/c1-9-2-5-14-10(6-9)7-15(20-14)16(19)12-8-11(17)3-4-13(12)18/h2-8,16,19H,1H3. The van der Waals surface area contributed by atoms with Crippen molar-refractivity contribution in [3.05, 3.63) is 68.3 Å². The third-order valence-corrected chi connectivity index (χ3v) is 4.43. The molecule has 0 amide bonds. The lowest BCUT2D eigenvalue weighted by atomic mass is 10.1. The van der Waals surface area contributed by atoms with Gasteiger partial charge in [-0.05, 0) is 43.3 Å². The van der Waals surface area contributed by atoms with Crippen molar-refractivity contribution in [3.63, 3.8) is 0 Å². The number of aliphatic hydroxyl groups excluding tert-OH is 1. The van der Waals surface area contributed by atoms with E-state index < -0.39 is 6.10 Å². The predicted molar refractivity (Wildman–Crippen MR) is 86.9 cm³/mol. The topological polar surface area (TPSA) is 33.4 Å². The number of hydrogen-bond acceptors (Lipinski definition) is 2. The van der Waals surface area contributed by atoms with Gasteiger partial charge in [0.25, 0.3) is 0 Å². The van der Waals surface area contributed by atoms with Crippen LogP contribution >= 0.6 is 31.9 Å². The van der Waals surface area contributed by atoms with Crippen molar-refractivity contribution in [3.8, 4) is 0 Å². The van der Waals surface area contributed by atoms with E-state index in [0.717, 1.165) is 25.5 Å². The normalized spacial score (nSPS) is 12.8. The van der Waals surface area contributed by atoms with Crippen LogP contribution in [0.15, 0.2) is 55.8 Å². The molecule has 2 aromatic carbocycles. The minimum absolute atomic E-state index is 0.546. The summed E-state index contributed by atoms with van der Waals surface area (Å²) in [6, 6.07) is 13.6. The van der Waals surface area contributed by atoms with E-state index in [2.05, 4.69) is 31.9 Å². The Bertz CT molecular complexity index is 777. The highest BCUT2D eigenvalue weighted by Gasteiger charge is 2.18. The first-order chi connectivity index (χ1) is 9.54. The number of aliphatic hydroxyl groups is 1. The molecule has 0 aliphatic rings. The third-order valence-electron chi connectivity index (χ3n) is 3.21. The highest BCUT2D eigenvalue weighted by Crippen LogP contribution is 2.33. The fourth-order valence-electron chi connectivity index (χ4n) is 2.20. The summed E-state index contributed by atoms with van der Waals surface area (Å²) in [4.78, 5) is 0. The molecule has 1 heterocycles. The van der Waals surface area contributed by atoms with Crippen LogP contribution in [0.1, 0.15) is 23.0 Å². The van der Waals surface area contributed by atoms with Crippen molar-refractivity contribution in [1.82, 2.24) is 0 Å². The maximum atomic E-state index is 10.5. The van der Waals surface area contributed by atoms with Crippen molar-refractivity contribution >= 4 is 42.8 Å². The van der Waals surface area contributed by atoms with Gasteiger partial charge < -0.3 is 9.52 Å². The Morgan fingerprint density at radius 3 is 2.65 bits per heavy atom. The quantitative estimate of drug-likeness (QED) is 0.634. The average molecular weight is 396 g/mol. The molecule has 4 heteroatoms. The van der Waals surface area contributed by atoms with Gasteiger partial charge in [-0.3, -0.25) is 0 Å². The van der Waals surface area contributed by atoms with Gasteiger partial charge in [-0.15, -0.1) is 0 Å². The molecule has 0 aliphatic heterocycles. The molecule has 0 saturated heterocycles. The highest BCUT2D eigenvalue weighted by atomic mass is 79.9. The fraction of sp³-hybridized carbons (Fsp3) is 0.125. The number of halogens is 2. The van der Waals surface area contributed by atoms with E-state index in [0.29, 0.717) is 5.76 Å². The van der Waals surface area contributed by atoms with Gasteiger partial charge in [0, 0.05) is 19.9 Å². The molecule has 1 atom stereocenters. The van der Waals surface area contributed by atoms with Crippen LogP contribution in [0.2, 0.25) is 0 Å². The molecule has 0 bridgehead atoms. The van der Waals surface area contributed by atoms with E-state index >= 15 is 0 Å². The Balaban J connectivity index is 2.07. The molecule has 20 heavy (non-hydrogen) atoms. The van der Waals surface area contributed by atoms with Crippen molar-refractivity contribution in [2.45, 2.75) is 13.0 Å². The summed E-state index contributed by atoms with van der Waals surface area (Å²) in [5.74, 6) is 0.546. The molecule has 0 spiro atoms. The molecular formula is C16H12Br2O2. The zero-order chi connectivity index (χ0) is 14.3. The Kier molecular flexibility index (Phi) is 3.71. The van der Waals surface area contributed by atoms with Crippen molar-refractivity contribution in [1.29, 1.82) is 0 Å². The number of hydrogen-bond donors (Lipinski definition) is 1. The zero-order valence-corrected chi connectivity index (χ0v) is 13.9. The van der Waals surface area contributed by atoms with Gasteiger partial charge in [0.05, 0.1) is 0 Å². The first kappa shape index (κ1) is 13.9. The average Bonchev–Trinajstić information content (AvgIpc) is 2.83. The first-order valence-corrected chi connectivity index (χ1v) is 7.76. The van der Waals surface area contributed by atoms with Crippen LogP contribution in [0, 0.1) is 6.92 Å². The molecule has 1 aromatic heterocycles. The van der Waals surface area contributed by atoms with E-state index in [1.807, 2.05) is 49.4 Å². The van der Waals surface area contributed by atoms with E-state index in [-0.39, 0.29) is 0 Å². The molecule has 0 saturated carbocycles. The Morgan fingerprint density at radius 2 is 1.85 bits per heavy atom. The molecule has 0 fully saturated rings. The van der Waals surface area contributed by atoms with Crippen molar-refractivity contribution in [2.75, 3.05) is 0 Å². The summed E-state index contributed by atoms with van der Waals surface area (Å²) in [6.45, 7) is 2.04. The second-order valence-electron chi connectivity index (χ2n) is 4.76. The van der Waals surface area contributed by atoms with E-state index in [4.69, 9.17) is 4.42 Å². The number of aryl methyl sites for hydroxylation is 1. The SMILES string of the molecule is Cc1ccc2oc(C(O)c3cc(Br)ccc3Br)cc2c1. The lowest BCUT2D eigenvalue weighted by Gasteiger charge is -2.10. The number of furan rings is 1. The predicted octanol–water partition coefficient (Wildman–Crippen LogP) is 5.35. The van der Waals surface area contributed by atoms with Crippen molar-refractivity contribution < 1.29 is 9.52 Å². The number of fused-ring (bicyclic) bond motifs is 1. The first-order valence-electron chi connectivity index (χ1n) is 6.18. The molecule has 1 unspecified atom stereocenters. The highest BCUT2D eigenvalue weighted by molar-refractivity contribution is 9.11. The molecular weight excluding hydrogens is 384 g/mol. The van der Waals surface area contributed by atoms with Crippen LogP contribution in [0.5, 0.6) is 0 Å². The van der Waals surface area contributed by atoms with Gasteiger partial charge >= 0.3 is 0 Å². The molecule has 102 valence electrons. The summed E-state index contributed by atoms with van der Waals surface area (Å²) in [7, 11) is 0. The lowest BCUT2D eigenvalue weighted by molar-refractivity contribution is 0.191. The van der Waals surface area contributed by atoms with Gasteiger partial charge in [0.1, 0.15) is 17.4 Å². The Hall–Kier alpha value is -1.10. The largest absolute Gasteiger partial charge is 0.458 e. The second-order valence-corrected chi connectivity index (χ2v) is 6.53. The van der Waals surface area contributed by atoms with Crippen molar-refractivity contribution in [2.24, 2.45) is 0 Å². The Morgan fingerprint density at radius 1 is 1.05 bits per heavy atom. The van der Waals surface area contributed by atoms with E-state index in [9.17, 15) is 5.11 Å². The lowest BCUT2D eigenvalue weighted by Crippen LogP contribution is -1.99. The number of rotatable bonds is 2. The van der Waals surface area contributed by atoms with Gasteiger partial charge in [-0.1, -0.05) is 43.5 Å². The molecule has 3 rings (SSSR count). The van der Waals surface area contributed by atoms with Gasteiger partial charge in [0.15, 0.2) is 0 Å². The van der Waals surface area contributed by atoms with Gasteiger partial charge in [-0.2, -0.15) is 0 Å². The maximum absolute atomic E-state index is 10.5. The van der Waals surface area contributed by atoms with Crippen LogP contribution in [-0.4, -0.2) is 5.11 Å². The molecule has 1 N–H and O–H groups in total. The molecule has 3 aromatic rings. The second kappa shape index (κ2) is 5.35. The van der Waals surface area contributed by atoms with Crippen LogP contribution in [0.3, 0.4) is 0 Å². The fourth-order valence-corrected chi connectivity index (χ4v) is 3.04. The summed E-state index contributed by atoms with van der Waals surface area (Å²) in [6.07, 6.45) is -0.797. The number of benzene rings is 2. The van der Waals surface area contributed by atoms with Gasteiger partial charge in [-0.25, -0.2) is 0 Å². The molecule has 0 radical (unpaired) electrons. The van der Waals surface area contributed by atoms with Crippen LogP contribution < -0.4 is 0 Å². The smallest absolute Gasteiger partial charge is 0.138 e. The minimum Gasteiger partial charge on any atom is -0.458 e. The van der Waals surface area contributed by atoms with Crippen LogP contribution in [0.4, 0.5) is 0 Å². The molecule has 0 aliphatic carbocycles. The van der Waals surface area contributed by atoms with Gasteiger partial charge in [0.2, 0.25) is 0 Å². The van der Waals surface area contributed by atoms with Crippen LogP contribution in [-0.2, 0) is 0 Å². The summed E-state index contributed by atoms with van der Waals surface area (Å²) in [5.41, 5.74) is 2.73. The monoisotopic (exact) mass is 394 g/mol. The van der Waals surface area contributed by atoms with E-state index in [1.54, 1.807) is 0 Å². The summed E-state index contributed by atoms with van der Waals surface area (Å²) >= 11 is 6.88. The van der Waals surface area contributed by atoms with Crippen LogP contribution in [0.25, 0.3) is 11.0 Å². The summed E-state index contributed by atoms with van der Waals surface area (Å²) in [5, 5.41) is 11.5. The summed E-state index contributed by atoms with van der Waals surface area (Å²) < 4.78 is 7.52. The maximum Gasteiger partial charge on any atom is 0.138 e. The third kappa shape index (κ3) is 2.55. The molecule has 2 nitrogen and oxygen atoms in total. The Labute approximate surface area is 133 Å². The zero-order valence-electron chi connectivity index (χ0n) is 10.7. The van der Waals surface area contributed by atoms with E-state index in [1.165, 1.54) is 5.56 Å².